The number of aryl methyl sites for hydroxylation is 1. The highest BCUT2D eigenvalue weighted by molar-refractivity contribution is 7.89. The van der Waals surface area contributed by atoms with Crippen LogP contribution in [-0.4, -0.2) is 46.0 Å². The number of hydrogen-bond donors (Lipinski definition) is 0. The Bertz CT molecular complexity index is 1520. The van der Waals surface area contributed by atoms with E-state index in [0.29, 0.717) is 40.8 Å². The summed E-state index contributed by atoms with van der Waals surface area (Å²) in [4.78, 5) is 25.2. The molecule has 0 radical (unpaired) electrons. The maximum absolute atomic E-state index is 13.3. The van der Waals surface area contributed by atoms with Gasteiger partial charge in [0, 0.05) is 60.5 Å². The van der Waals surface area contributed by atoms with Crippen LogP contribution in [0.4, 0.5) is 13.2 Å². The summed E-state index contributed by atoms with van der Waals surface area (Å²) >= 11 is 0. The van der Waals surface area contributed by atoms with Crippen molar-refractivity contribution in [2.75, 3.05) is 6.54 Å². The first-order valence-corrected chi connectivity index (χ1v) is 12.9. The summed E-state index contributed by atoms with van der Waals surface area (Å²) in [6, 6.07) is 7.69. The van der Waals surface area contributed by atoms with Crippen molar-refractivity contribution in [1.82, 2.24) is 19.3 Å². The number of alkyl halides is 3. The molecule has 1 atom stereocenters. The van der Waals surface area contributed by atoms with Crippen molar-refractivity contribution in [3.8, 4) is 11.3 Å². The average Bonchev–Trinajstić information content (AvgIpc) is 3.55. The van der Waals surface area contributed by atoms with Crippen LogP contribution in [-0.2, 0) is 27.4 Å². The third kappa shape index (κ3) is 5.12. The molecule has 0 N–H and O–H groups in total. The quantitative estimate of drug-likeness (QED) is 0.342. The molecular weight excluding hydrogens is 509 g/mol. The van der Waals surface area contributed by atoms with Gasteiger partial charge < -0.3 is 4.42 Å². The Kier molecular flexibility index (Phi) is 6.54. The van der Waals surface area contributed by atoms with E-state index in [2.05, 4.69) is 15.0 Å². The number of sulfonamides is 1. The average molecular weight is 531 g/mol. The highest BCUT2D eigenvalue weighted by Crippen LogP contribution is 2.32. The van der Waals surface area contributed by atoms with E-state index in [9.17, 15) is 26.4 Å². The fraction of sp³-hybridized carbons (Fsp3) is 0.280. The minimum atomic E-state index is -4.47. The Morgan fingerprint density at radius 2 is 1.92 bits per heavy atom. The van der Waals surface area contributed by atoms with Gasteiger partial charge in [0.05, 0.1) is 17.3 Å². The van der Waals surface area contributed by atoms with Gasteiger partial charge in [-0.1, -0.05) is 0 Å². The molecule has 0 saturated carbocycles. The number of nitrogens with zero attached hydrogens (tertiary/aromatic N) is 4. The Labute approximate surface area is 210 Å². The second-order valence-corrected chi connectivity index (χ2v) is 10.5. The Morgan fingerprint density at radius 1 is 1.08 bits per heavy atom. The van der Waals surface area contributed by atoms with Crippen molar-refractivity contribution in [2.24, 2.45) is 0 Å². The minimum absolute atomic E-state index is 0.0532. The predicted octanol–water partition coefficient (Wildman–Crippen LogP) is 4.66. The largest absolute Gasteiger partial charge is 0.443 e. The SMILES string of the molecule is O=C(CCc1cc(-c2ccc(C(F)(F)F)cn2)ccn1)[C@@H]1CCCN1S(=O)(=O)c1cc2cnccc2o1. The van der Waals surface area contributed by atoms with Crippen LogP contribution >= 0.6 is 0 Å². The molecule has 37 heavy (non-hydrogen) atoms. The molecule has 0 aliphatic carbocycles. The zero-order valence-electron chi connectivity index (χ0n) is 19.4. The smallest absolute Gasteiger partial charge is 0.417 e. The predicted molar refractivity (Wildman–Crippen MR) is 127 cm³/mol. The maximum Gasteiger partial charge on any atom is 0.417 e. The Hall–Kier alpha value is -3.64. The molecule has 4 aromatic heterocycles. The third-order valence-electron chi connectivity index (χ3n) is 6.26. The van der Waals surface area contributed by atoms with Crippen LogP contribution in [0.15, 0.2) is 70.7 Å². The lowest BCUT2D eigenvalue weighted by Gasteiger charge is -2.21. The highest BCUT2D eigenvalue weighted by Gasteiger charge is 2.40. The number of rotatable bonds is 7. The van der Waals surface area contributed by atoms with E-state index in [0.717, 1.165) is 12.3 Å². The monoisotopic (exact) mass is 530 g/mol. The van der Waals surface area contributed by atoms with E-state index in [1.807, 2.05) is 0 Å². The summed E-state index contributed by atoms with van der Waals surface area (Å²) in [5.74, 6) is -0.237. The zero-order chi connectivity index (χ0) is 26.2. The topological polar surface area (TPSA) is 106 Å². The molecule has 1 aliphatic rings. The Balaban J connectivity index is 1.28. The number of Topliss-reactive ketones (excluding diaryl/α,β-unsaturated/α-hetero) is 1. The molecule has 5 rings (SSSR count). The number of ketones is 1. The fourth-order valence-electron chi connectivity index (χ4n) is 4.38. The summed E-state index contributed by atoms with van der Waals surface area (Å²) in [5.41, 5.74) is 1.01. The van der Waals surface area contributed by atoms with Gasteiger partial charge in [0.15, 0.2) is 5.78 Å². The van der Waals surface area contributed by atoms with Gasteiger partial charge in [-0.15, -0.1) is 0 Å². The van der Waals surface area contributed by atoms with E-state index < -0.39 is 27.8 Å². The number of fused-ring (bicyclic) bond motifs is 1. The van der Waals surface area contributed by atoms with Crippen LogP contribution in [0.25, 0.3) is 22.2 Å². The van der Waals surface area contributed by atoms with E-state index in [4.69, 9.17) is 4.42 Å². The number of pyridine rings is 3. The molecule has 0 unspecified atom stereocenters. The van der Waals surface area contributed by atoms with E-state index in [1.54, 1.807) is 18.2 Å². The van der Waals surface area contributed by atoms with E-state index >= 15 is 0 Å². The van der Waals surface area contributed by atoms with Crippen LogP contribution < -0.4 is 0 Å². The zero-order valence-corrected chi connectivity index (χ0v) is 20.2. The number of halogens is 3. The van der Waals surface area contributed by atoms with Crippen LogP contribution in [0, 0.1) is 0 Å². The summed E-state index contributed by atoms with van der Waals surface area (Å²) < 4.78 is 71.6. The number of aromatic nitrogens is 3. The van der Waals surface area contributed by atoms with Crippen molar-refractivity contribution in [3.05, 3.63) is 72.4 Å². The third-order valence-corrected chi connectivity index (χ3v) is 8.03. The maximum atomic E-state index is 13.3. The summed E-state index contributed by atoms with van der Waals surface area (Å²) in [5, 5.41) is 0.324. The van der Waals surface area contributed by atoms with Gasteiger partial charge in [-0.25, -0.2) is 8.42 Å². The molecule has 1 aliphatic heterocycles. The number of carbonyl (C=O) groups excluding carboxylic acids is 1. The number of furan rings is 1. The lowest BCUT2D eigenvalue weighted by molar-refractivity contribution is -0.137. The molecule has 4 aromatic rings. The second-order valence-electron chi connectivity index (χ2n) is 8.68. The molecule has 1 fully saturated rings. The molecule has 192 valence electrons. The van der Waals surface area contributed by atoms with Crippen LogP contribution in [0.2, 0.25) is 0 Å². The molecule has 1 saturated heterocycles. The van der Waals surface area contributed by atoms with Crippen molar-refractivity contribution in [2.45, 2.75) is 43.0 Å². The molecule has 8 nitrogen and oxygen atoms in total. The lowest BCUT2D eigenvalue weighted by Crippen LogP contribution is -2.40. The van der Waals surface area contributed by atoms with Crippen molar-refractivity contribution in [1.29, 1.82) is 0 Å². The molecule has 0 bridgehead atoms. The minimum Gasteiger partial charge on any atom is -0.443 e. The standard InChI is InChI=1S/C25H21F3N4O4S/c26-25(27,28)18-3-5-20(31-15-18)16-7-10-30-19(12-16)4-6-22(33)21-2-1-11-32(21)37(34,35)24-13-17-14-29-9-8-23(17)36-24/h3,5,7-10,12-15,21H,1-2,4,6,11H2/t21-/m0/s1. The van der Waals surface area contributed by atoms with Crippen LogP contribution in [0.1, 0.15) is 30.5 Å². The summed E-state index contributed by atoms with van der Waals surface area (Å²) in [7, 11) is -4.02. The molecular formula is C25H21F3N4O4S. The molecule has 0 aromatic carbocycles. The van der Waals surface area contributed by atoms with Crippen LogP contribution in [0.3, 0.4) is 0 Å². The van der Waals surface area contributed by atoms with Gasteiger partial charge in [-0.05, 0) is 49.6 Å². The lowest BCUT2D eigenvalue weighted by atomic mass is 10.0. The number of carbonyl (C=O) groups is 1. The van der Waals surface area contributed by atoms with Crippen molar-refractivity contribution in [3.63, 3.8) is 0 Å². The van der Waals surface area contributed by atoms with Gasteiger partial charge in [0.25, 0.3) is 10.0 Å². The fourth-order valence-corrected chi connectivity index (χ4v) is 6.01. The van der Waals surface area contributed by atoms with Gasteiger partial charge in [-0.3, -0.25) is 19.7 Å². The summed E-state index contributed by atoms with van der Waals surface area (Å²) in [6.45, 7) is 0.210. The van der Waals surface area contributed by atoms with E-state index in [1.165, 1.54) is 35.0 Å². The number of hydrogen-bond acceptors (Lipinski definition) is 7. The first kappa shape index (κ1) is 25.0. The molecule has 5 heterocycles. The van der Waals surface area contributed by atoms with Gasteiger partial charge in [-0.2, -0.15) is 17.5 Å². The molecule has 12 heteroatoms. The second kappa shape index (κ2) is 9.67. The van der Waals surface area contributed by atoms with Gasteiger partial charge in [0.1, 0.15) is 5.58 Å². The normalized spacial score (nSPS) is 16.9. The van der Waals surface area contributed by atoms with Gasteiger partial charge in [0.2, 0.25) is 5.09 Å². The van der Waals surface area contributed by atoms with Crippen molar-refractivity contribution < 1.29 is 30.8 Å². The molecule has 0 spiro atoms. The van der Waals surface area contributed by atoms with Crippen molar-refractivity contribution >= 4 is 26.8 Å². The highest BCUT2D eigenvalue weighted by atomic mass is 32.2. The first-order valence-electron chi connectivity index (χ1n) is 11.5. The summed E-state index contributed by atoms with van der Waals surface area (Å²) in [6.07, 6.45) is 2.05. The molecule has 0 amide bonds. The van der Waals surface area contributed by atoms with Gasteiger partial charge >= 0.3 is 6.18 Å². The van der Waals surface area contributed by atoms with E-state index in [-0.39, 0.29) is 30.3 Å². The van der Waals surface area contributed by atoms with Crippen LogP contribution in [0.5, 0.6) is 0 Å². The Morgan fingerprint density at radius 3 is 2.65 bits per heavy atom. The first-order chi connectivity index (χ1) is 17.6.